The molecular formula is C12H22N2OS. The van der Waals surface area contributed by atoms with Gasteiger partial charge in [0.05, 0.1) is 5.01 Å². The Kier molecular flexibility index (Phi) is 6.61. The van der Waals surface area contributed by atoms with E-state index in [2.05, 4.69) is 22.6 Å². The first-order valence-corrected chi connectivity index (χ1v) is 6.85. The molecule has 0 aliphatic rings. The fourth-order valence-electron chi connectivity index (χ4n) is 1.61. The molecule has 1 unspecified atom stereocenters. The Bertz CT molecular complexity index is 288. The quantitative estimate of drug-likeness (QED) is 0.687. The zero-order chi connectivity index (χ0) is 11.8. The second-order valence-corrected chi connectivity index (χ2v) is 5.15. The first kappa shape index (κ1) is 13.6. The van der Waals surface area contributed by atoms with E-state index < -0.39 is 0 Å². The summed E-state index contributed by atoms with van der Waals surface area (Å²) in [6.07, 6.45) is 4.14. The Morgan fingerprint density at radius 3 is 2.94 bits per heavy atom. The number of hydrogen-bond acceptors (Lipinski definition) is 4. The van der Waals surface area contributed by atoms with Crippen LogP contribution in [0.3, 0.4) is 0 Å². The molecule has 0 bridgehead atoms. The summed E-state index contributed by atoms with van der Waals surface area (Å²) >= 11 is 1.75. The van der Waals surface area contributed by atoms with E-state index in [9.17, 15) is 0 Å². The highest BCUT2D eigenvalue weighted by Gasteiger charge is 2.01. The second-order valence-electron chi connectivity index (χ2n) is 4.21. The summed E-state index contributed by atoms with van der Waals surface area (Å²) in [6, 6.07) is 0.505. The molecule has 1 rings (SSSR count). The van der Waals surface area contributed by atoms with Gasteiger partial charge in [-0.05, 0) is 39.7 Å². The Morgan fingerprint density at radius 1 is 1.50 bits per heavy atom. The van der Waals surface area contributed by atoms with Gasteiger partial charge in [-0.15, -0.1) is 11.3 Å². The molecular weight excluding hydrogens is 220 g/mol. The van der Waals surface area contributed by atoms with Gasteiger partial charge >= 0.3 is 0 Å². The molecule has 1 aromatic rings. The Labute approximate surface area is 102 Å². The SMILES string of the molecule is Cc1csc(CCCNC(C)CCCO)n1. The summed E-state index contributed by atoms with van der Waals surface area (Å²) < 4.78 is 0. The van der Waals surface area contributed by atoms with Crippen LogP contribution in [-0.2, 0) is 6.42 Å². The lowest BCUT2D eigenvalue weighted by Gasteiger charge is -2.12. The first-order valence-electron chi connectivity index (χ1n) is 5.97. The predicted molar refractivity (Wildman–Crippen MR) is 69.0 cm³/mol. The van der Waals surface area contributed by atoms with Crippen molar-refractivity contribution < 1.29 is 5.11 Å². The monoisotopic (exact) mass is 242 g/mol. The lowest BCUT2D eigenvalue weighted by molar-refractivity contribution is 0.276. The molecule has 0 amide bonds. The smallest absolute Gasteiger partial charge is 0.0928 e. The van der Waals surface area contributed by atoms with Crippen molar-refractivity contribution in [3.05, 3.63) is 16.1 Å². The van der Waals surface area contributed by atoms with Crippen LogP contribution < -0.4 is 5.32 Å². The summed E-state index contributed by atoms with van der Waals surface area (Å²) in [6.45, 7) is 5.54. The standard InChI is InChI=1S/C12H22N2OS/c1-10(5-4-8-15)13-7-3-6-12-14-11(2)9-16-12/h9-10,13,15H,3-8H2,1-2H3. The number of aryl methyl sites for hydroxylation is 2. The highest BCUT2D eigenvalue weighted by molar-refractivity contribution is 7.09. The molecule has 0 saturated carbocycles. The number of thiazole rings is 1. The summed E-state index contributed by atoms with van der Waals surface area (Å²) in [4.78, 5) is 4.43. The number of nitrogens with one attached hydrogen (secondary N) is 1. The van der Waals surface area contributed by atoms with Crippen molar-refractivity contribution in [2.45, 2.75) is 45.6 Å². The number of aliphatic hydroxyl groups excluding tert-OH is 1. The molecule has 1 heterocycles. The Balaban J connectivity index is 2.03. The molecule has 1 atom stereocenters. The molecule has 2 N–H and O–H groups in total. The van der Waals surface area contributed by atoms with Crippen LogP contribution in [0.1, 0.15) is 36.9 Å². The van der Waals surface area contributed by atoms with Crippen LogP contribution >= 0.6 is 11.3 Å². The normalized spacial score (nSPS) is 12.9. The molecule has 0 fully saturated rings. The largest absolute Gasteiger partial charge is 0.396 e. The van der Waals surface area contributed by atoms with Gasteiger partial charge in [0.15, 0.2) is 0 Å². The third-order valence-electron chi connectivity index (χ3n) is 2.52. The Morgan fingerprint density at radius 2 is 2.31 bits per heavy atom. The van der Waals surface area contributed by atoms with Gasteiger partial charge in [0, 0.05) is 30.1 Å². The molecule has 1 aromatic heterocycles. The van der Waals surface area contributed by atoms with Crippen LogP contribution in [0.5, 0.6) is 0 Å². The van der Waals surface area contributed by atoms with E-state index in [4.69, 9.17) is 5.11 Å². The minimum Gasteiger partial charge on any atom is -0.396 e. The van der Waals surface area contributed by atoms with Crippen molar-refractivity contribution >= 4 is 11.3 Å². The van der Waals surface area contributed by atoms with Crippen molar-refractivity contribution in [1.82, 2.24) is 10.3 Å². The van der Waals surface area contributed by atoms with Crippen LogP contribution in [0.15, 0.2) is 5.38 Å². The number of hydrogen-bond donors (Lipinski definition) is 2. The third-order valence-corrected chi connectivity index (χ3v) is 3.55. The van der Waals surface area contributed by atoms with E-state index in [0.29, 0.717) is 12.6 Å². The van der Waals surface area contributed by atoms with Gasteiger partial charge in [-0.2, -0.15) is 0 Å². The van der Waals surface area contributed by atoms with Gasteiger partial charge in [0.25, 0.3) is 0 Å². The van der Waals surface area contributed by atoms with Crippen LogP contribution in [0.4, 0.5) is 0 Å². The van der Waals surface area contributed by atoms with E-state index in [1.165, 1.54) is 5.01 Å². The zero-order valence-corrected chi connectivity index (χ0v) is 11.0. The van der Waals surface area contributed by atoms with E-state index >= 15 is 0 Å². The van der Waals surface area contributed by atoms with Gasteiger partial charge in [-0.3, -0.25) is 0 Å². The molecule has 92 valence electrons. The molecule has 0 aliphatic carbocycles. The molecule has 0 radical (unpaired) electrons. The molecule has 16 heavy (non-hydrogen) atoms. The fourth-order valence-corrected chi connectivity index (χ4v) is 2.42. The lowest BCUT2D eigenvalue weighted by Crippen LogP contribution is -2.27. The zero-order valence-electron chi connectivity index (χ0n) is 10.2. The maximum absolute atomic E-state index is 8.70. The van der Waals surface area contributed by atoms with E-state index in [1.54, 1.807) is 11.3 Å². The number of nitrogens with zero attached hydrogens (tertiary/aromatic N) is 1. The van der Waals surface area contributed by atoms with Crippen LogP contribution in [-0.4, -0.2) is 29.3 Å². The fraction of sp³-hybridized carbons (Fsp3) is 0.750. The number of rotatable bonds is 8. The van der Waals surface area contributed by atoms with Gasteiger partial charge in [-0.25, -0.2) is 4.98 Å². The third kappa shape index (κ3) is 5.58. The summed E-state index contributed by atoms with van der Waals surface area (Å²) in [5.41, 5.74) is 1.13. The Hall–Kier alpha value is -0.450. The topological polar surface area (TPSA) is 45.1 Å². The molecule has 0 aliphatic heterocycles. The minimum atomic E-state index is 0.296. The van der Waals surface area contributed by atoms with E-state index in [-0.39, 0.29) is 0 Å². The summed E-state index contributed by atoms with van der Waals surface area (Å²) in [5, 5.41) is 15.5. The summed E-state index contributed by atoms with van der Waals surface area (Å²) in [5.74, 6) is 0. The van der Waals surface area contributed by atoms with Crippen molar-refractivity contribution in [2.75, 3.05) is 13.2 Å². The number of aliphatic hydroxyl groups is 1. The predicted octanol–water partition coefficient (Wildman–Crippen LogP) is 2.13. The highest BCUT2D eigenvalue weighted by Crippen LogP contribution is 2.10. The first-order chi connectivity index (χ1) is 7.72. The molecule has 0 spiro atoms. The van der Waals surface area contributed by atoms with Gasteiger partial charge in [0.2, 0.25) is 0 Å². The van der Waals surface area contributed by atoms with Gasteiger partial charge in [-0.1, -0.05) is 0 Å². The highest BCUT2D eigenvalue weighted by atomic mass is 32.1. The minimum absolute atomic E-state index is 0.296. The molecule has 4 heteroatoms. The van der Waals surface area contributed by atoms with Crippen LogP contribution in [0, 0.1) is 6.92 Å². The molecule has 0 saturated heterocycles. The number of aromatic nitrogens is 1. The maximum atomic E-state index is 8.70. The average Bonchev–Trinajstić information content (AvgIpc) is 2.67. The van der Waals surface area contributed by atoms with Crippen molar-refractivity contribution in [3.8, 4) is 0 Å². The summed E-state index contributed by atoms with van der Waals surface area (Å²) in [7, 11) is 0. The van der Waals surface area contributed by atoms with E-state index in [1.807, 2.05) is 6.92 Å². The van der Waals surface area contributed by atoms with Gasteiger partial charge < -0.3 is 10.4 Å². The molecule has 0 aromatic carbocycles. The van der Waals surface area contributed by atoms with Crippen molar-refractivity contribution in [2.24, 2.45) is 0 Å². The lowest BCUT2D eigenvalue weighted by atomic mass is 10.2. The average molecular weight is 242 g/mol. The van der Waals surface area contributed by atoms with Crippen molar-refractivity contribution in [3.63, 3.8) is 0 Å². The van der Waals surface area contributed by atoms with Crippen LogP contribution in [0.2, 0.25) is 0 Å². The maximum Gasteiger partial charge on any atom is 0.0928 e. The van der Waals surface area contributed by atoms with Crippen molar-refractivity contribution in [1.29, 1.82) is 0 Å². The van der Waals surface area contributed by atoms with E-state index in [0.717, 1.165) is 37.9 Å². The molecule has 3 nitrogen and oxygen atoms in total. The van der Waals surface area contributed by atoms with Crippen LogP contribution in [0.25, 0.3) is 0 Å². The van der Waals surface area contributed by atoms with Gasteiger partial charge in [0.1, 0.15) is 0 Å². The second kappa shape index (κ2) is 7.76.